The number of methoxy groups -OCH3 is 1. The van der Waals surface area contributed by atoms with Gasteiger partial charge in [0.25, 0.3) is 11.8 Å². The molecule has 0 bridgehead atoms. The standard InChI is InChI=1S/C19H18F2N2O5/c1-11(18(25)23-16-9-13(20)5-8-15(16)21)28-17(24)10-22-19(26)12-3-6-14(27-2)7-4-12/h3-9,11H,10H2,1-2H3,(H,22,26)(H,23,25). The Labute approximate surface area is 159 Å². The number of hydrogen-bond acceptors (Lipinski definition) is 5. The summed E-state index contributed by atoms with van der Waals surface area (Å²) in [6.45, 7) is 0.784. The molecular formula is C19H18F2N2O5. The lowest BCUT2D eigenvalue weighted by Crippen LogP contribution is -2.36. The molecule has 7 nitrogen and oxygen atoms in total. The van der Waals surface area contributed by atoms with Crippen LogP contribution in [0.15, 0.2) is 42.5 Å². The van der Waals surface area contributed by atoms with E-state index in [0.717, 1.165) is 18.2 Å². The van der Waals surface area contributed by atoms with Crippen LogP contribution < -0.4 is 15.4 Å². The second-order valence-corrected chi connectivity index (χ2v) is 5.66. The number of rotatable bonds is 7. The van der Waals surface area contributed by atoms with Gasteiger partial charge < -0.3 is 20.1 Å². The minimum Gasteiger partial charge on any atom is -0.497 e. The van der Waals surface area contributed by atoms with Crippen LogP contribution in [0.1, 0.15) is 17.3 Å². The van der Waals surface area contributed by atoms with Crippen molar-refractivity contribution < 1.29 is 32.6 Å². The third kappa shape index (κ3) is 5.76. The van der Waals surface area contributed by atoms with Gasteiger partial charge in [-0.25, -0.2) is 8.78 Å². The van der Waals surface area contributed by atoms with Gasteiger partial charge in [-0.1, -0.05) is 0 Å². The molecule has 2 rings (SSSR count). The van der Waals surface area contributed by atoms with Gasteiger partial charge in [0.05, 0.1) is 12.8 Å². The van der Waals surface area contributed by atoms with Crippen molar-refractivity contribution in [3.63, 3.8) is 0 Å². The average Bonchev–Trinajstić information content (AvgIpc) is 2.68. The monoisotopic (exact) mass is 392 g/mol. The quantitative estimate of drug-likeness (QED) is 0.705. The van der Waals surface area contributed by atoms with Gasteiger partial charge in [-0.2, -0.15) is 0 Å². The van der Waals surface area contributed by atoms with Crippen LogP contribution in [-0.4, -0.2) is 37.5 Å². The van der Waals surface area contributed by atoms with Crippen molar-refractivity contribution >= 4 is 23.5 Å². The third-order valence-electron chi connectivity index (χ3n) is 3.61. The van der Waals surface area contributed by atoms with Crippen LogP contribution in [0.5, 0.6) is 5.75 Å². The summed E-state index contributed by atoms with van der Waals surface area (Å²) < 4.78 is 36.5. The van der Waals surface area contributed by atoms with Crippen LogP contribution in [-0.2, 0) is 14.3 Å². The first-order valence-electron chi connectivity index (χ1n) is 8.18. The SMILES string of the molecule is COc1ccc(C(=O)NCC(=O)OC(C)C(=O)Nc2cc(F)ccc2F)cc1. The number of anilines is 1. The van der Waals surface area contributed by atoms with E-state index in [1.165, 1.54) is 26.2 Å². The third-order valence-corrected chi connectivity index (χ3v) is 3.61. The van der Waals surface area contributed by atoms with Crippen LogP contribution >= 0.6 is 0 Å². The number of esters is 1. The minimum absolute atomic E-state index is 0.306. The van der Waals surface area contributed by atoms with E-state index in [4.69, 9.17) is 9.47 Å². The highest BCUT2D eigenvalue weighted by Gasteiger charge is 2.20. The van der Waals surface area contributed by atoms with Crippen LogP contribution in [0.25, 0.3) is 0 Å². The average molecular weight is 392 g/mol. The predicted molar refractivity (Wildman–Crippen MR) is 95.9 cm³/mol. The Morgan fingerprint density at radius 2 is 1.75 bits per heavy atom. The Bertz CT molecular complexity index is 871. The lowest BCUT2D eigenvalue weighted by Gasteiger charge is -2.14. The van der Waals surface area contributed by atoms with E-state index in [9.17, 15) is 23.2 Å². The van der Waals surface area contributed by atoms with E-state index in [-0.39, 0.29) is 5.69 Å². The first-order valence-corrected chi connectivity index (χ1v) is 8.18. The fraction of sp³-hybridized carbons (Fsp3) is 0.211. The van der Waals surface area contributed by atoms with Crippen molar-refractivity contribution in [3.05, 3.63) is 59.7 Å². The van der Waals surface area contributed by atoms with Gasteiger partial charge in [-0.05, 0) is 43.3 Å². The molecule has 2 amide bonds. The zero-order valence-corrected chi connectivity index (χ0v) is 15.1. The van der Waals surface area contributed by atoms with Crippen molar-refractivity contribution in [2.45, 2.75) is 13.0 Å². The van der Waals surface area contributed by atoms with Gasteiger partial charge in [0.15, 0.2) is 6.10 Å². The Morgan fingerprint density at radius 3 is 2.39 bits per heavy atom. The summed E-state index contributed by atoms with van der Waals surface area (Å²) in [7, 11) is 1.49. The summed E-state index contributed by atoms with van der Waals surface area (Å²) in [6.07, 6.45) is -1.28. The molecule has 0 spiro atoms. The molecule has 28 heavy (non-hydrogen) atoms. The maximum atomic E-state index is 13.5. The summed E-state index contributed by atoms with van der Waals surface area (Å²) in [5.41, 5.74) is -0.0679. The molecule has 148 valence electrons. The molecule has 2 aromatic rings. The molecule has 0 aliphatic heterocycles. The largest absolute Gasteiger partial charge is 0.497 e. The van der Waals surface area contributed by atoms with Crippen LogP contribution in [0.4, 0.5) is 14.5 Å². The predicted octanol–water partition coefficient (Wildman–Crippen LogP) is 2.27. The lowest BCUT2D eigenvalue weighted by molar-refractivity contribution is -0.152. The Balaban J connectivity index is 1.83. The Kier molecular flexibility index (Phi) is 7.02. The van der Waals surface area contributed by atoms with Crippen molar-refractivity contribution in [2.75, 3.05) is 19.0 Å². The normalized spacial score (nSPS) is 11.3. The molecule has 0 heterocycles. The van der Waals surface area contributed by atoms with E-state index in [1.807, 2.05) is 0 Å². The maximum Gasteiger partial charge on any atom is 0.326 e. The molecule has 1 unspecified atom stereocenters. The van der Waals surface area contributed by atoms with Gasteiger partial charge in [0, 0.05) is 11.6 Å². The molecule has 0 aromatic heterocycles. The van der Waals surface area contributed by atoms with E-state index in [0.29, 0.717) is 11.3 Å². The van der Waals surface area contributed by atoms with Crippen LogP contribution in [0, 0.1) is 11.6 Å². The van der Waals surface area contributed by atoms with Crippen molar-refractivity contribution in [3.8, 4) is 5.75 Å². The summed E-state index contributed by atoms with van der Waals surface area (Å²) in [4.78, 5) is 35.7. The highest BCUT2D eigenvalue weighted by Crippen LogP contribution is 2.16. The number of hydrogen-bond donors (Lipinski definition) is 2. The van der Waals surface area contributed by atoms with Gasteiger partial charge >= 0.3 is 5.97 Å². The number of halogens is 2. The topological polar surface area (TPSA) is 93.7 Å². The molecule has 2 aromatic carbocycles. The molecule has 0 fully saturated rings. The molecule has 0 aliphatic carbocycles. The van der Waals surface area contributed by atoms with Crippen LogP contribution in [0.2, 0.25) is 0 Å². The van der Waals surface area contributed by atoms with E-state index < -0.39 is 42.1 Å². The smallest absolute Gasteiger partial charge is 0.326 e. The highest BCUT2D eigenvalue weighted by molar-refractivity contribution is 5.97. The fourth-order valence-corrected chi connectivity index (χ4v) is 2.12. The minimum atomic E-state index is -1.28. The fourth-order valence-electron chi connectivity index (χ4n) is 2.12. The molecule has 0 aliphatic rings. The van der Waals surface area contributed by atoms with Crippen molar-refractivity contribution in [2.24, 2.45) is 0 Å². The molecule has 0 radical (unpaired) electrons. The second kappa shape index (κ2) is 9.45. The summed E-state index contributed by atoms with van der Waals surface area (Å²) in [6, 6.07) is 8.77. The second-order valence-electron chi connectivity index (χ2n) is 5.66. The van der Waals surface area contributed by atoms with E-state index in [1.54, 1.807) is 12.1 Å². The number of benzene rings is 2. The molecular weight excluding hydrogens is 374 g/mol. The van der Waals surface area contributed by atoms with Gasteiger partial charge in [-0.15, -0.1) is 0 Å². The molecule has 9 heteroatoms. The highest BCUT2D eigenvalue weighted by atomic mass is 19.1. The Morgan fingerprint density at radius 1 is 1.07 bits per heavy atom. The van der Waals surface area contributed by atoms with Gasteiger partial charge in [0.2, 0.25) is 0 Å². The summed E-state index contributed by atoms with van der Waals surface area (Å²) in [5, 5.41) is 4.48. The van der Waals surface area contributed by atoms with Gasteiger partial charge in [0.1, 0.15) is 23.9 Å². The lowest BCUT2D eigenvalue weighted by atomic mass is 10.2. The summed E-state index contributed by atoms with van der Waals surface area (Å²) >= 11 is 0. The zero-order chi connectivity index (χ0) is 20.7. The number of carbonyl (C=O) groups is 3. The number of carbonyl (C=O) groups excluding carboxylic acids is 3. The number of nitrogens with one attached hydrogen (secondary N) is 2. The van der Waals surface area contributed by atoms with Gasteiger partial charge in [-0.3, -0.25) is 14.4 Å². The van der Waals surface area contributed by atoms with Crippen molar-refractivity contribution in [1.29, 1.82) is 0 Å². The Hall–Kier alpha value is -3.49. The van der Waals surface area contributed by atoms with E-state index >= 15 is 0 Å². The summed E-state index contributed by atoms with van der Waals surface area (Å²) in [5.74, 6) is -3.23. The number of amides is 2. The first kappa shape index (κ1) is 20.8. The van der Waals surface area contributed by atoms with E-state index in [2.05, 4.69) is 10.6 Å². The first-order chi connectivity index (χ1) is 13.3. The number of ether oxygens (including phenoxy) is 2. The molecule has 2 N–H and O–H groups in total. The molecule has 1 atom stereocenters. The van der Waals surface area contributed by atoms with Crippen molar-refractivity contribution in [1.82, 2.24) is 5.32 Å². The van der Waals surface area contributed by atoms with Crippen LogP contribution in [0.3, 0.4) is 0 Å². The maximum absolute atomic E-state index is 13.5. The molecule has 0 saturated carbocycles. The molecule has 0 saturated heterocycles. The zero-order valence-electron chi connectivity index (χ0n) is 15.1.